The van der Waals surface area contributed by atoms with Crippen LogP contribution in [0.3, 0.4) is 0 Å². The van der Waals surface area contributed by atoms with Gasteiger partial charge in [-0.15, -0.1) is 0 Å². The average Bonchev–Trinajstić information content (AvgIpc) is 2.46. The van der Waals surface area contributed by atoms with E-state index in [1.54, 1.807) is 19.2 Å². The zero-order valence-electron chi connectivity index (χ0n) is 11.9. The topological polar surface area (TPSA) is 44.5 Å². The van der Waals surface area contributed by atoms with Crippen molar-refractivity contribution in [3.05, 3.63) is 57.8 Å². The lowest BCUT2D eigenvalue weighted by Gasteiger charge is -2.11. The maximum absolute atomic E-state index is 13.9. The SMILES string of the molecule is COc1ccc(COc2ccc([C@@H](C)N)cc2F)cc1Br. The second-order valence-corrected chi connectivity index (χ2v) is 5.59. The van der Waals surface area contributed by atoms with E-state index in [0.29, 0.717) is 0 Å². The van der Waals surface area contributed by atoms with E-state index in [9.17, 15) is 4.39 Å². The van der Waals surface area contributed by atoms with E-state index in [1.807, 2.05) is 25.1 Å². The summed E-state index contributed by atoms with van der Waals surface area (Å²) >= 11 is 3.40. The maximum atomic E-state index is 13.9. The molecule has 0 aromatic heterocycles. The summed E-state index contributed by atoms with van der Waals surface area (Å²) in [6.45, 7) is 2.08. The third-order valence-corrected chi connectivity index (χ3v) is 3.71. The molecule has 0 fully saturated rings. The monoisotopic (exact) mass is 353 g/mol. The lowest BCUT2D eigenvalue weighted by molar-refractivity contribution is 0.289. The molecule has 0 heterocycles. The fourth-order valence-corrected chi connectivity index (χ4v) is 2.47. The number of benzene rings is 2. The van der Waals surface area contributed by atoms with E-state index in [4.69, 9.17) is 15.2 Å². The minimum absolute atomic E-state index is 0.203. The highest BCUT2D eigenvalue weighted by atomic mass is 79.9. The molecule has 0 radical (unpaired) electrons. The van der Waals surface area contributed by atoms with Crippen LogP contribution in [0, 0.1) is 5.82 Å². The van der Waals surface area contributed by atoms with Crippen molar-refractivity contribution in [2.24, 2.45) is 5.73 Å². The van der Waals surface area contributed by atoms with Crippen LogP contribution < -0.4 is 15.2 Å². The fourth-order valence-electron chi connectivity index (χ4n) is 1.88. The Morgan fingerprint density at radius 3 is 2.48 bits per heavy atom. The van der Waals surface area contributed by atoms with Crippen LogP contribution in [0.15, 0.2) is 40.9 Å². The molecule has 0 aliphatic heterocycles. The minimum Gasteiger partial charge on any atom is -0.496 e. The molecule has 0 spiro atoms. The minimum atomic E-state index is -0.405. The first-order valence-corrected chi connectivity index (χ1v) is 7.31. The van der Waals surface area contributed by atoms with Crippen LogP contribution >= 0.6 is 15.9 Å². The second kappa shape index (κ2) is 6.91. The van der Waals surface area contributed by atoms with E-state index in [2.05, 4.69) is 15.9 Å². The molecule has 0 amide bonds. The van der Waals surface area contributed by atoms with Gasteiger partial charge in [0.25, 0.3) is 0 Å². The van der Waals surface area contributed by atoms with Crippen molar-refractivity contribution in [2.45, 2.75) is 19.6 Å². The third-order valence-electron chi connectivity index (χ3n) is 3.09. The molecule has 0 saturated heterocycles. The number of methoxy groups -OCH3 is 1. The van der Waals surface area contributed by atoms with E-state index >= 15 is 0 Å². The number of nitrogens with two attached hydrogens (primary N) is 1. The number of hydrogen-bond acceptors (Lipinski definition) is 3. The molecule has 21 heavy (non-hydrogen) atoms. The summed E-state index contributed by atoms with van der Waals surface area (Å²) in [7, 11) is 1.60. The van der Waals surface area contributed by atoms with Crippen molar-refractivity contribution in [3.8, 4) is 11.5 Å². The molecule has 1 atom stereocenters. The third kappa shape index (κ3) is 3.95. The molecule has 0 aliphatic carbocycles. The quantitative estimate of drug-likeness (QED) is 0.876. The second-order valence-electron chi connectivity index (χ2n) is 4.74. The van der Waals surface area contributed by atoms with Gasteiger partial charge in [0, 0.05) is 6.04 Å². The van der Waals surface area contributed by atoms with Crippen molar-refractivity contribution in [1.29, 1.82) is 0 Å². The van der Waals surface area contributed by atoms with E-state index in [1.165, 1.54) is 6.07 Å². The Morgan fingerprint density at radius 2 is 1.90 bits per heavy atom. The number of rotatable bonds is 5. The number of ether oxygens (including phenoxy) is 2. The normalized spacial score (nSPS) is 12.0. The number of hydrogen-bond donors (Lipinski definition) is 1. The summed E-state index contributed by atoms with van der Waals surface area (Å²) in [5.74, 6) is 0.551. The molecular weight excluding hydrogens is 337 g/mol. The van der Waals surface area contributed by atoms with Crippen LogP contribution in [-0.4, -0.2) is 7.11 Å². The van der Waals surface area contributed by atoms with Crippen molar-refractivity contribution in [1.82, 2.24) is 0 Å². The van der Waals surface area contributed by atoms with Gasteiger partial charge in [-0.1, -0.05) is 12.1 Å². The van der Waals surface area contributed by atoms with E-state index in [-0.39, 0.29) is 18.4 Å². The van der Waals surface area contributed by atoms with Crippen molar-refractivity contribution in [3.63, 3.8) is 0 Å². The summed E-state index contributed by atoms with van der Waals surface area (Å²) in [5.41, 5.74) is 7.37. The first-order chi connectivity index (χ1) is 10.0. The van der Waals surface area contributed by atoms with Gasteiger partial charge in [-0.25, -0.2) is 4.39 Å². The van der Waals surface area contributed by atoms with Gasteiger partial charge in [-0.05, 0) is 58.2 Å². The van der Waals surface area contributed by atoms with Crippen molar-refractivity contribution in [2.75, 3.05) is 7.11 Å². The molecule has 2 rings (SSSR count). The van der Waals surface area contributed by atoms with E-state index in [0.717, 1.165) is 21.3 Å². The van der Waals surface area contributed by atoms with Crippen LogP contribution in [0.5, 0.6) is 11.5 Å². The lowest BCUT2D eigenvalue weighted by atomic mass is 10.1. The van der Waals surface area contributed by atoms with Gasteiger partial charge in [0.15, 0.2) is 11.6 Å². The molecule has 0 aliphatic rings. The largest absolute Gasteiger partial charge is 0.496 e. The zero-order valence-corrected chi connectivity index (χ0v) is 13.5. The Kier molecular flexibility index (Phi) is 5.20. The summed E-state index contributed by atoms with van der Waals surface area (Å²) < 4.78 is 25.4. The first-order valence-electron chi connectivity index (χ1n) is 6.51. The van der Waals surface area contributed by atoms with Gasteiger partial charge < -0.3 is 15.2 Å². The zero-order chi connectivity index (χ0) is 15.4. The molecule has 112 valence electrons. The van der Waals surface area contributed by atoms with Crippen LogP contribution in [0.25, 0.3) is 0 Å². The van der Waals surface area contributed by atoms with E-state index < -0.39 is 5.82 Å². The van der Waals surface area contributed by atoms with Crippen molar-refractivity contribution < 1.29 is 13.9 Å². The Morgan fingerprint density at radius 1 is 1.19 bits per heavy atom. The molecule has 5 heteroatoms. The van der Waals surface area contributed by atoms with Gasteiger partial charge in [0.1, 0.15) is 12.4 Å². The number of halogens is 2. The van der Waals surface area contributed by atoms with Crippen LogP contribution in [-0.2, 0) is 6.61 Å². The predicted octanol–water partition coefficient (Wildman–Crippen LogP) is 4.20. The Hall–Kier alpha value is -1.59. The highest BCUT2D eigenvalue weighted by Gasteiger charge is 2.08. The van der Waals surface area contributed by atoms with Gasteiger partial charge in [0.2, 0.25) is 0 Å². The highest BCUT2D eigenvalue weighted by molar-refractivity contribution is 9.10. The summed E-state index contributed by atoms with van der Waals surface area (Å²) in [6, 6.07) is 10.2. The molecule has 0 unspecified atom stereocenters. The summed E-state index contributed by atoms with van der Waals surface area (Å²) in [5, 5.41) is 0. The fraction of sp³-hybridized carbons (Fsp3) is 0.250. The molecule has 0 bridgehead atoms. The molecule has 3 nitrogen and oxygen atoms in total. The van der Waals surface area contributed by atoms with Crippen molar-refractivity contribution >= 4 is 15.9 Å². The van der Waals surface area contributed by atoms with Gasteiger partial charge in [-0.2, -0.15) is 0 Å². The smallest absolute Gasteiger partial charge is 0.165 e. The Balaban J connectivity index is 2.08. The van der Waals surface area contributed by atoms with Gasteiger partial charge in [-0.3, -0.25) is 0 Å². The van der Waals surface area contributed by atoms with Crippen LogP contribution in [0.4, 0.5) is 4.39 Å². The molecular formula is C16H17BrFNO2. The lowest BCUT2D eigenvalue weighted by Crippen LogP contribution is -2.06. The summed E-state index contributed by atoms with van der Waals surface area (Å²) in [4.78, 5) is 0. The molecule has 0 saturated carbocycles. The predicted molar refractivity (Wildman–Crippen MR) is 84.0 cm³/mol. The van der Waals surface area contributed by atoms with Crippen LogP contribution in [0.2, 0.25) is 0 Å². The molecule has 2 N–H and O–H groups in total. The summed E-state index contributed by atoms with van der Waals surface area (Å²) in [6.07, 6.45) is 0. The molecule has 2 aromatic carbocycles. The van der Waals surface area contributed by atoms with Gasteiger partial charge in [0.05, 0.1) is 11.6 Å². The van der Waals surface area contributed by atoms with Crippen LogP contribution in [0.1, 0.15) is 24.1 Å². The maximum Gasteiger partial charge on any atom is 0.165 e. The van der Waals surface area contributed by atoms with Gasteiger partial charge >= 0.3 is 0 Å². The average molecular weight is 354 g/mol. The highest BCUT2D eigenvalue weighted by Crippen LogP contribution is 2.27. The first kappa shape index (κ1) is 15.8. The molecule has 2 aromatic rings. The Bertz CT molecular complexity index is 632. The standard InChI is InChI=1S/C16H17BrFNO2/c1-10(19)12-4-6-16(14(18)8-12)21-9-11-3-5-15(20-2)13(17)7-11/h3-8,10H,9,19H2,1-2H3/t10-/m1/s1. The Labute approximate surface area is 132 Å².